The topological polar surface area (TPSA) is 77.7 Å². The van der Waals surface area contributed by atoms with Crippen molar-refractivity contribution in [1.29, 1.82) is 0 Å². The fourth-order valence-electron chi connectivity index (χ4n) is 2.40. The Balaban J connectivity index is 1.57. The van der Waals surface area contributed by atoms with E-state index in [1.54, 1.807) is 30.3 Å². The molecule has 124 valence electrons. The van der Waals surface area contributed by atoms with Crippen LogP contribution in [0.5, 0.6) is 0 Å². The predicted octanol–water partition coefficient (Wildman–Crippen LogP) is 1.95. The molecule has 0 radical (unpaired) electrons. The Morgan fingerprint density at radius 1 is 0.958 bits per heavy atom. The van der Waals surface area contributed by atoms with Gasteiger partial charge in [-0.1, -0.05) is 18.2 Å². The summed E-state index contributed by atoms with van der Waals surface area (Å²) in [5.41, 5.74) is 0.822. The molecule has 4 rings (SSSR count). The van der Waals surface area contributed by atoms with Crippen molar-refractivity contribution in [3.8, 4) is 0 Å². The van der Waals surface area contributed by atoms with Crippen LogP contribution in [0.1, 0.15) is 20.7 Å². The minimum atomic E-state index is -0.429. The quantitative estimate of drug-likeness (QED) is 0.596. The van der Waals surface area contributed by atoms with E-state index < -0.39 is 11.9 Å². The molecular weight excluding hydrogens is 312 g/mol. The lowest BCUT2D eigenvalue weighted by Gasteiger charge is -2.08. The van der Waals surface area contributed by atoms with Gasteiger partial charge in [0.1, 0.15) is 25.4 Å². The zero-order valence-corrected chi connectivity index (χ0v) is 12.9. The maximum Gasteiger partial charge on any atom is 0.338 e. The van der Waals surface area contributed by atoms with Gasteiger partial charge in [0.15, 0.2) is 0 Å². The smallest absolute Gasteiger partial charge is 0.338 e. The van der Waals surface area contributed by atoms with Crippen molar-refractivity contribution < 1.29 is 28.5 Å². The van der Waals surface area contributed by atoms with Crippen molar-refractivity contribution in [2.75, 3.05) is 26.4 Å². The second-order valence-corrected chi connectivity index (χ2v) is 5.85. The van der Waals surface area contributed by atoms with Crippen molar-refractivity contribution in [2.24, 2.45) is 0 Å². The van der Waals surface area contributed by atoms with Gasteiger partial charge in [-0.25, -0.2) is 9.59 Å². The van der Waals surface area contributed by atoms with Gasteiger partial charge in [-0.05, 0) is 29.0 Å². The van der Waals surface area contributed by atoms with Crippen LogP contribution in [-0.2, 0) is 18.9 Å². The highest BCUT2D eigenvalue weighted by Crippen LogP contribution is 2.23. The highest BCUT2D eigenvalue weighted by Gasteiger charge is 2.26. The summed E-state index contributed by atoms with van der Waals surface area (Å²) >= 11 is 0. The maximum absolute atomic E-state index is 12.3. The number of rotatable bonds is 6. The average molecular weight is 328 g/mol. The van der Waals surface area contributed by atoms with Gasteiger partial charge in [0.2, 0.25) is 0 Å². The molecule has 2 fully saturated rings. The molecule has 0 N–H and O–H groups in total. The molecule has 24 heavy (non-hydrogen) atoms. The van der Waals surface area contributed by atoms with Gasteiger partial charge in [-0.15, -0.1) is 0 Å². The fraction of sp³-hybridized carbons (Fsp3) is 0.333. The third-order valence-corrected chi connectivity index (χ3v) is 3.94. The minimum absolute atomic E-state index is 0.0131. The SMILES string of the molecule is O=C(OCC1CO1)c1ccc2cccc(C(=O)OCC3CO3)c2c1. The Labute approximate surface area is 138 Å². The molecule has 2 aromatic carbocycles. The first-order valence-electron chi connectivity index (χ1n) is 7.81. The standard InChI is InChI=1S/C18H16O6/c19-17(23-9-13-7-21-13)12-5-4-11-2-1-3-15(16(11)6-12)18(20)24-10-14-8-22-14/h1-6,13-14H,7-10H2. The third-order valence-electron chi connectivity index (χ3n) is 3.94. The first-order valence-corrected chi connectivity index (χ1v) is 7.81. The van der Waals surface area contributed by atoms with Gasteiger partial charge in [-0.3, -0.25) is 0 Å². The van der Waals surface area contributed by atoms with E-state index in [-0.39, 0.29) is 25.4 Å². The maximum atomic E-state index is 12.3. The number of hydrogen-bond acceptors (Lipinski definition) is 6. The van der Waals surface area contributed by atoms with Gasteiger partial charge >= 0.3 is 11.9 Å². The molecule has 2 unspecified atom stereocenters. The number of fused-ring (bicyclic) bond motifs is 1. The molecule has 6 nitrogen and oxygen atoms in total. The van der Waals surface area contributed by atoms with Gasteiger partial charge in [0.25, 0.3) is 0 Å². The average Bonchev–Trinajstić information content (AvgIpc) is 3.50. The van der Waals surface area contributed by atoms with Gasteiger partial charge in [-0.2, -0.15) is 0 Å². The minimum Gasteiger partial charge on any atom is -0.459 e. The lowest BCUT2D eigenvalue weighted by molar-refractivity contribution is 0.0467. The Kier molecular flexibility index (Phi) is 3.92. The van der Waals surface area contributed by atoms with Crippen LogP contribution in [-0.4, -0.2) is 50.6 Å². The van der Waals surface area contributed by atoms with Crippen LogP contribution in [0.15, 0.2) is 36.4 Å². The molecule has 0 amide bonds. The molecule has 2 atom stereocenters. The number of carbonyl (C=O) groups is 2. The van der Waals surface area contributed by atoms with Gasteiger partial charge < -0.3 is 18.9 Å². The molecule has 0 bridgehead atoms. The van der Waals surface area contributed by atoms with Crippen molar-refractivity contribution in [1.82, 2.24) is 0 Å². The van der Waals surface area contributed by atoms with E-state index in [0.29, 0.717) is 29.7 Å². The molecule has 2 saturated heterocycles. The lowest BCUT2D eigenvalue weighted by atomic mass is 10.0. The molecule has 0 aliphatic carbocycles. The van der Waals surface area contributed by atoms with Gasteiger partial charge in [0, 0.05) is 0 Å². The number of carbonyl (C=O) groups excluding carboxylic acids is 2. The molecular formula is C18H16O6. The highest BCUT2D eigenvalue weighted by molar-refractivity contribution is 6.06. The van der Waals surface area contributed by atoms with E-state index in [1.165, 1.54) is 0 Å². The summed E-state index contributed by atoms with van der Waals surface area (Å²) in [7, 11) is 0. The normalized spacial score (nSPS) is 21.3. The number of ether oxygens (including phenoxy) is 4. The van der Waals surface area contributed by atoms with E-state index in [2.05, 4.69) is 0 Å². The molecule has 0 spiro atoms. The highest BCUT2D eigenvalue weighted by atomic mass is 16.6. The first-order chi connectivity index (χ1) is 11.7. The van der Waals surface area contributed by atoms with E-state index in [0.717, 1.165) is 5.39 Å². The Bertz CT molecular complexity index is 791. The Morgan fingerprint density at radius 2 is 1.62 bits per heavy atom. The number of hydrogen-bond donors (Lipinski definition) is 0. The van der Waals surface area contributed by atoms with Crippen LogP contribution in [0.3, 0.4) is 0 Å². The predicted molar refractivity (Wildman–Crippen MR) is 84.0 cm³/mol. The van der Waals surface area contributed by atoms with Crippen LogP contribution < -0.4 is 0 Å². The number of epoxide rings is 2. The van der Waals surface area contributed by atoms with E-state index in [9.17, 15) is 9.59 Å². The zero-order chi connectivity index (χ0) is 16.5. The van der Waals surface area contributed by atoms with E-state index >= 15 is 0 Å². The third kappa shape index (κ3) is 3.39. The largest absolute Gasteiger partial charge is 0.459 e. The lowest BCUT2D eigenvalue weighted by Crippen LogP contribution is -2.12. The molecule has 2 aliphatic heterocycles. The van der Waals surface area contributed by atoms with E-state index in [1.807, 2.05) is 6.07 Å². The van der Waals surface area contributed by atoms with Crippen molar-refractivity contribution in [2.45, 2.75) is 12.2 Å². The summed E-state index contributed by atoms with van der Waals surface area (Å²) in [5.74, 6) is -0.852. The molecule has 2 aromatic rings. The summed E-state index contributed by atoms with van der Waals surface area (Å²) in [4.78, 5) is 24.4. The molecule has 2 heterocycles. The summed E-state index contributed by atoms with van der Waals surface area (Å²) in [6.45, 7) is 1.76. The summed E-state index contributed by atoms with van der Waals surface area (Å²) in [5, 5.41) is 1.52. The fourth-order valence-corrected chi connectivity index (χ4v) is 2.40. The van der Waals surface area contributed by atoms with Gasteiger partial charge in [0.05, 0.1) is 24.3 Å². The summed E-state index contributed by atoms with van der Waals surface area (Å²) in [6, 6.07) is 10.5. The van der Waals surface area contributed by atoms with Crippen LogP contribution in [0, 0.1) is 0 Å². The van der Waals surface area contributed by atoms with Crippen molar-refractivity contribution in [3.63, 3.8) is 0 Å². The second kappa shape index (κ2) is 6.22. The Hall–Kier alpha value is -2.44. The van der Waals surface area contributed by atoms with Crippen LogP contribution in [0.25, 0.3) is 10.8 Å². The van der Waals surface area contributed by atoms with E-state index in [4.69, 9.17) is 18.9 Å². The van der Waals surface area contributed by atoms with Crippen molar-refractivity contribution in [3.05, 3.63) is 47.5 Å². The molecule has 0 aromatic heterocycles. The number of benzene rings is 2. The number of esters is 2. The monoisotopic (exact) mass is 328 g/mol. The Morgan fingerprint density at radius 3 is 2.29 bits per heavy atom. The zero-order valence-electron chi connectivity index (χ0n) is 12.9. The van der Waals surface area contributed by atoms with Crippen LogP contribution in [0.4, 0.5) is 0 Å². The summed E-state index contributed by atoms with van der Waals surface area (Å²) < 4.78 is 20.5. The molecule has 6 heteroatoms. The summed E-state index contributed by atoms with van der Waals surface area (Å²) in [6.07, 6.45) is 0.0312. The molecule has 0 saturated carbocycles. The first kappa shape index (κ1) is 15.1. The molecule has 2 aliphatic rings. The van der Waals surface area contributed by atoms with Crippen molar-refractivity contribution >= 4 is 22.7 Å². The second-order valence-electron chi connectivity index (χ2n) is 5.85. The van der Waals surface area contributed by atoms with Crippen LogP contribution in [0.2, 0.25) is 0 Å². The van der Waals surface area contributed by atoms with Crippen LogP contribution >= 0.6 is 0 Å².